The second kappa shape index (κ2) is 13.1. The Morgan fingerprint density at radius 3 is 2.77 bits per heavy atom. The minimum atomic E-state index is 0.269. The van der Waals surface area contributed by atoms with E-state index < -0.39 is 0 Å². The molecule has 1 N–H and O–H groups in total. The van der Waals surface area contributed by atoms with Crippen molar-refractivity contribution in [2.75, 3.05) is 46.7 Å². The highest BCUT2D eigenvalue weighted by atomic mass is 16.5. The number of aromatic nitrogens is 1. The van der Waals surface area contributed by atoms with Crippen LogP contribution in [0, 0.1) is 11.8 Å². The predicted octanol–water partition coefficient (Wildman–Crippen LogP) is 5.23. The van der Waals surface area contributed by atoms with E-state index in [-0.39, 0.29) is 5.92 Å². The number of ether oxygens (including phenoxy) is 4. The minimum Gasteiger partial charge on any atom is -0.491 e. The van der Waals surface area contributed by atoms with Crippen LogP contribution in [0.2, 0.25) is 0 Å². The summed E-state index contributed by atoms with van der Waals surface area (Å²) in [6.07, 6.45) is 4.86. The van der Waals surface area contributed by atoms with Gasteiger partial charge in [-0.05, 0) is 35.8 Å². The van der Waals surface area contributed by atoms with Gasteiger partial charge in [0.05, 0.1) is 32.1 Å². The summed E-state index contributed by atoms with van der Waals surface area (Å²) in [5, 5.41) is 3.69. The molecule has 2 atom stereocenters. The summed E-state index contributed by atoms with van der Waals surface area (Å²) in [4.78, 5) is 5.25. The average molecular weight is 481 g/mol. The van der Waals surface area contributed by atoms with E-state index >= 15 is 0 Å². The molecule has 190 valence electrons. The van der Waals surface area contributed by atoms with Crippen LogP contribution >= 0.6 is 0 Å². The smallest absolute Gasteiger partial charge is 0.148 e. The Labute approximate surface area is 210 Å². The van der Waals surface area contributed by atoms with Crippen molar-refractivity contribution in [1.29, 1.82) is 0 Å². The van der Waals surface area contributed by atoms with Gasteiger partial charge in [0.15, 0.2) is 0 Å². The number of hydrogen-bond acceptors (Lipinski definition) is 6. The number of fused-ring (bicyclic) bond motifs is 1. The second-order valence-corrected chi connectivity index (χ2v) is 9.83. The Bertz CT molecular complexity index is 961. The van der Waals surface area contributed by atoms with Crippen LogP contribution in [0.1, 0.15) is 56.0 Å². The average Bonchev–Trinajstić information content (AvgIpc) is 3.06. The summed E-state index contributed by atoms with van der Waals surface area (Å²) in [5.74, 6) is 2.95. The third kappa shape index (κ3) is 7.06. The van der Waals surface area contributed by atoms with Gasteiger partial charge in [0.25, 0.3) is 0 Å². The van der Waals surface area contributed by atoms with Crippen molar-refractivity contribution in [3.05, 3.63) is 59.4 Å². The molecule has 1 aromatic heterocycles. The summed E-state index contributed by atoms with van der Waals surface area (Å²) in [6, 6.07) is 12.6. The summed E-state index contributed by atoms with van der Waals surface area (Å²) >= 11 is 0. The standard InChI is InChI=1S/C29H40N2O4/c1-21(2)25-16-24(19-30-18-22-8-5-4-6-9-22)29-27(35-20-25)17-26(34-13-7-12-32-3)28(31-29)23-10-14-33-15-11-23/h4-6,8-10,17,21,24-25,30H,7,11-16,18-20H2,1-3H3. The molecule has 3 heterocycles. The third-order valence-corrected chi connectivity index (χ3v) is 6.93. The van der Waals surface area contributed by atoms with Crippen LogP contribution in [0.15, 0.2) is 42.5 Å². The first-order valence-corrected chi connectivity index (χ1v) is 13.0. The molecule has 0 saturated carbocycles. The molecule has 2 aliphatic rings. The Morgan fingerprint density at radius 1 is 1.17 bits per heavy atom. The van der Waals surface area contributed by atoms with Crippen LogP contribution < -0.4 is 14.8 Å². The summed E-state index contributed by atoms with van der Waals surface area (Å²) < 4.78 is 23.4. The van der Waals surface area contributed by atoms with Gasteiger partial charge in [0.1, 0.15) is 17.2 Å². The van der Waals surface area contributed by atoms with E-state index in [1.54, 1.807) is 7.11 Å². The van der Waals surface area contributed by atoms with E-state index in [0.717, 1.165) is 55.2 Å². The third-order valence-electron chi connectivity index (χ3n) is 6.93. The number of hydrogen-bond donors (Lipinski definition) is 1. The zero-order valence-electron chi connectivity index (χ0n) is 21.4. The lowest BCUT2D eigenvalue weighted by Crippen LogP contribution is -2.25. The molecule has 1 aromatic carbocycles. The fourth-order valence-corrected chi connectivity index (χ4v) is 4.74. The number of nitrogens with one attached hydrogen (secondary N) is 1. The first-order chi connectivity index (χ1) is 17.2. The van der Waals surface area contributed by atoms with Crippen molar-refractivity contribution < 1.29 is 18.9 Å². The fourth-order valence-electron chi connectivity index (χ4n) is 4.74. The van der Waals surface area contributed by atoms with Gasteiger partial charge in [-0.15, -0.1) is 0 Å². The highest BCUT2D eigenvalue weighted by molar-refractivity contribution is 5.69. The number of nitrogens with zero attached hydrogens (tertiary/aromatic N) is 1. The predicted molar refractivity (Wildman–Crippen MR) is 139 cm³/mol. The van der Waals surface area contributed by atoms with Gasteiger partial charge in [0.2, 0.25) is 0 Å². The number of benzene rings is 1. The summed E-state index contributed by atoms with van der Waals surface area (Å²) in [5.41, 5.74) is 4.46. The van der Waals surface area contributed by atoms with Crippen LogP contribution in [0.25, 0.3) is 5.57 Å². The Balaban J connectivity index is 1.62. The molecular weight excluding hydrogens is 440 g/mol. The van der Waals surface area contributed by atoms with Crippen LogP contribution in [-0.4, -0.2) is 51.7 Å². The molecule has 4 rings (SSSR count). The molecule has 0 fully saturated rings. The maximum absolute atomic E-state index is 6.39. The molecule has 6 heteroatoms. The summed E-state index contributed by atoms with van der Waals surface area (Å²) in [7, 11) is 1.72. The van der Waals surface area contributed by atoms with Gasteiger partial charge in [-0.25, -0.2) is 4.98 Å². The number of methoxy groups -OCH3 is 1. The number of rotatable bonds is 11. The molecule has 6 nitrogen and oxygen atoms in total. The van der Waals surface area contributed by atoms with E-state index in [4.69, 9.17) is 23.9 Å². The lowest BCUT2D eigenvalue weighted by atomic mass is 9.85. The first-order valence-electron chi connectivity index (χ1n) is 13.0. The number of pyridine rings is 1. The van der Waals surface area contributed by atoms with Gasteiger partial charge < -0.3 is 24.3 Å². The highest BCUT2D eigenvalue weighted by Gasteiger charge is 2.30. The largest absolute Gasteiger partial charge is 0.491 e. The Morgan fingerprint density at radius 2 is 2.03 bits per heavy atom. The lowest BCUT2D eigenvalue weighted by molar-refractivity contribution is 0.161. The molecule has 2 aliphatic heterocycles. The normalized spacial score (nSPS) is 20.1. The van der Waals surface area contributed by atoms with Crippen LogP contribution in [0.4, 0.5) is 0 Å². The second-order valence-electron chi connectivity index (χ2n) is 9.83. The van der Waals surface area contributed by atoms with Crippen molar-refractivity contribution in [3.63, 3.8) is 0 Å². The zero-order valence-corrected chi connectivity index (χ0v) is 21.4. The van der Waals surface area contributed by atoms with Gasteiger partial charge >= 0.3 is 0 Å². The Hall–Kier alpha value is -2.41. The van der Waals surface area contributed by atoms with E-state index in [1.807, 2.05) is 0 Å². The minimum absolute atomic E-state index is 0.269. The van der Waals surface area contributed by atoms with Gasteiger partial charge in [-0.1, -0.05) is 50.3 Å². The fraction of sp³-hybridized carbons (Fsp3) is 0.552. The maximum Gasteiger partial charge on any atom is 0.148 e. The molecular formula is C29H40N2O4. The van der Waals surface area contributed by atoms with E-state index in [1.165, 1.54) is 11.1 Å². The Kier molecular flexibility index (Phi) is 9.57. The SMILES string of the molecule is COCCCOc1cc2c(nc1C1=CCOCC1)C(CNCc1ccccc1)CC(C(C)C)CO2. The molecule has 0 aliphatic carbocycles. The highest BCUT2D eigenvalue weighted by Crippen LogP contribution is 2.41. The van der Waals surface area contributed by atoms with Crippen molar-refractivity contribution in [1.82, 2.24) is 10.3 Å². The van der Waals surface area contributed by atoms with E-state index in [9.17, 15) is 0 Å². The zero-order chi connectivity index (χ0) is 24.5. The van der Waals surface area contributed by atoms with E-state index in [0.29, 0.717) is 44.9 Å². The van der Waals surface area contributed by atoms with Crippen LogP contribution in [0.5, 0.6) is 11.5 Å². The van der Waals surface area contributed by atoms with Gasteiger partial charge in [0, 0.05) is 45.2 Å². The first kappa shape index (κ1) is 25.7. The topological polar surface area (TPSA) is 61.8 Å². The molecule has 0 spiro atoms. The van der Waals surface area contributed by atoms with E-state index in [2.05, 4.69) is 61.6 Å². The van der Waals surface area contributed by atoms with Crippen molar-refractivity contribution >= 4 is 5.57 Å². The summed E-state index contributed by atoms with van der Waals surface area (Å²) in [6.45, 7) is 9.57. The maximum atomic E-state index is 6.39. The van der Waals surface area contributed by atoms with Gasteiger partial charge in [-0.2, -0.15) is 0 Å². The van der Waals surface area contributed by atoms with Crippen molar-refractivity contribution in [2.24, 2.45) is 11.8 Å². The van der Waals surface area contributed by atoms with Crippen LogP contribution in [-0.2, 0) is 16.0 Å². The molecule has 2 unspecified atom stereocenters. The molecule has 35 heavy (non-hydrogen) atoms. The quantitative estimate of drug-likeness (QED) is 0.445. The van der Waals surface area contributed by atoms with Crippen molar-refractivity contribution in [2.45, 2.75) is 45.6 Å². The monoisotopic (exact) mass is 480 g/mol. The molecule has 2 aromatic rings. The molecule has 0 saturated heterocycles. The lowest BCUT2D eigenvalue weighted by Gasteiger charge is -2.23. The van der Waals surface area contributed by atoms with Gasteiger partial charge in [-0.3, -0.25) is 0 Å². The van der Waals surface area contributed by atoms with Crippen LogP contribution in [0.3, 0.4) is 0 Å². The van der Waals surface area contributed by atoms with Crippen molar-refractivity contribution in [3.8, 4) is 11.5 Å². The molecule has 0 amide bonds. The molecule has 0 bridgehead atoms. The molecule has 0 radical (unpaired) electrons.